The molecule has 0 saturated heterocycles. The van der Waals surface area contributed by atoms with Crippen molar-refractivity contribution in [2.24, 2.45) is 4.99 Å². The minimum Gasteiger partial charge on any atom is -0.342 e. The Balaban J connectivity index is 1.74. The van der Waals surface area contributed by atoms with Crippen LogP contribution in [-0.4, -0.2) is 31.8 Å². The van der Waals surface area contributed by atoms with Gasteiger partial charge in [0.2, 0.25) is 0 Å². The molecule has 0 unspecified atom stereocenters. The molecule has 4 rings (SSSR count). The lowest BCUT2D eigenvalue weighted by molar-refractivity contribution is 0.483. The molecule has 5 nitrogen and oxygen atoms in total. The van der Waals surface area contributed by atoms with Gasteiger partial charge in [0.25, 0.3) is 10.1 Å². The molecule has 0 aromatic heterocycles. The molecule has 0 saturated carbocycles. The molecule has 1 aliphatic carbocycles. The molecule has 0 fully saturated rings. The van der Waals surface area contributed by atoms with Gasteiger partial charge >= 0.3 is 0 Å². The van der Waals surface area contributed by atoms with Crippen molar-refractivity contribution >= 4 is 32.8 Å². The van der Waals surface area contributed by atoms with Crippen LogP contribution in [0.3, 0.4) is 0 Å². The fourth-order valence-electron chi connectivity index (χ4n) is 4.16. The fourth-order valence-corrected chi connectivity index (χ4v) is 4.68. The zero-order valence-electron chi connectivity index (χ0n) is 19.8. The summed E-state index contributed by atoms with van der Waals surface area (Å²) in [5.41, 5.74) is 7.00. The Hall–Kier alpha value is -3.74. The Kier molecular flexibility index (Phi) is 7.44. The predicted octanol–water partition coefficient (Wildman–Crippen LogP) is 6.48. The van der Waals surface area contributed by atoms with Crippen LogP contribution in [0.25, 0.3) is 5.57 Å². The number of nitrogens with zero attached hydrogens (tertiary/aromatic N) is 2. The average molecular weight is 485 g/mol. The lowest BCUT2D eigenvalue weighted by Crippen LogP contribution is -2.16. The molecule has 0 spiro atoms. The van der Waals surface area contributed by atoms with Crippen molar-refractivity contribution in [1.82, 2.24) is 0 Å². The first kappa shape index (κ1) is 24.4. The van der Waals surface area contributed by atoms with E-state index in [0.29, 0.717) is 12.2 Å². The molecule has 3 aromatic carbocycles. The topological polar surface area (TPSA) is 70.0 Å². The van der Waals surface area contributed by atoms with Crippen molar-refractivity contribution in [2.75, 3.05) is 18.0 Å². The summed E-state index contributed by atoms with van der Waals surface area (Å²) < 4.78 is 32.7. The van der Waals surface area contributed by atoms with Crippen LogP contribution in [0.1, 0.15) is 25.0 Å². The zero-order chi connectivity index (χ0) is 24.8. The maximum Gasteiger partial charge on any atom is 0.294 e. The highest BCUT2D eigenvalue weighted by molar-refractivity contribution is 7.85. The standard InChI is InChI=1S/C29H28N2O3S/c1-3-30-25-17-13-23(14-18-25)29(22-9-6-5-7-10-22)24-15-19-26(20-16-24)31(4-2)27-11-8-12-28(21-27)35(32,33)34/h5-21H,3-4H2,1-2H3,(H,32,33,34). The Bertz CT molecular complexity index is 1400. The number of aliphatic imine (C=N–C) groups is 1. The minimum atomic E-state index is -4.27. The fraction of sp³-hybridized carbons (Fsp3) is 0.138. The van der Waals surface area contributed by atoms with Gasteiger partial charge in [-0.15, -0.1) is 0 Å². The molecular weight excluding hydrogens is 456 g/mol. The number of rotatable bonds is 7. The van der Waals surface area contributed by atoms with Crippen molar-refractivity contribution in [1.29, 1.82) is 0 Å². The van der Waals surface area contributed by atoms with E-state index in [1.54, 1.807) is 6.07 Å². The van der Waals surface area contributed by atoms with Gasteiger partial charge in [-0.3, -0.25) is 9.55 Å². The summed E-state index contributed by atoms with van der Waals surface area (Å²) in [7, 11) is -4.27. The second kappa shape index (κ2) is 10.7. The lowest BCUT2D eigenvalue weighted by Gasteiger charge is -2.24. The Morgan fingerprint density at radius 3 is 2.06 bits per heavy atom. The predicted molar refractivity (Wildman–Crippen MR) is 144 cm³/mol. The van der Waals surface area contributed by atoms with E-state index in [0.717, 1.165) is 40.2 Å². The van der Waals surface area contributed by atoms with Crippen LogP contribution in [0.5, 0.6) is 0 Å². The maximum atomic E-state index is 11.6. The Morgan fingerprint density at radius 1 is 0.800 bits per heavy atom. The molecule has 0 atom stereocenters. The molecule has 35 heavy (non-hydrogen) atoms. The van der Waals surface area contributed by atoms with Crippen molar-refractivity contribution in [3.8, 4) is 0 Å². The summed E-state index contributed by atoms with van der Waals surface area (Å²) in [6.45, 7) is 5.40. The number of hydrogen-bond acceptors (Lipinski definition) is 4. The highest BCUT2D eigenvalue weighted by Crippen LogP contribution is 2.33. The summed E-state index contributed by atoms with van der Waals surface area (Å²) in [5.74, 6) is 0. The van der Waals surface area contributed by atoms with E-state index in [1.807, 2.05) is 67.3 Å². The normalized spacial score (nSPS) is 13.1. The van der Waals surface area contributed by atoms with Gasteiger partial charge in [0.1, 0.15) is 0 Å². The molecule has 0 bridgehead atoms. The van der Waals surface area contributed by atoms with E-state index in [9.17, 15) is 13.0 Å². The van der Waals surface area contributed by atoms with Crippen LogP contribution >= 0.6 is 0 Å². The molecule has 0 aliphatic heterocycles. The van der Waals surface area contributed by atoms with Gasteiger partial charge in [0, 0.05) is 24.5 Å². The summed E-state index contributed by atoms with van der Waals surface area (Å²) in [6, 6.07) is 24.8. The molecule has 0 radical (unpaired) electrons. The molecule has 6 heteroatoms. The van der Waals surface area contributed by atoms with E-state index >= 15 is 0 Å². The molecule has 0 amide bonds. The Morgan fingerprint density at radius 2 is 1.46 bits per heavy atom. The third-order valence-corrected chi connectivity index (χ3v) is 6.62. The van der Waals surface area contributed by atoms with E-state index in [-0.39, 0.29) is 4.90 Å². The van der Waals surface area contributed by atoms with Gasteiger partial charge in [-0.2, -0.15) is 8.42 Å². The van der Waals surface area contributed by atoms with Gasteiger partial charge in [0.15, 0.2) is 0 Å². The van der Waals surface area contributed by atoms with Crippen LogP contribution in [0.2, 0.25) is 0 Å². The summed E-state index contributed by atoms with van der Waals surface area (Å²) in [5, 5.41) is 0. The summed E-state index contributed by atoms with van der Waals surface area (Å²) in [6.07, 6.45) is 8.28. The van der Waals surface area contributed by atoms with Gasteiger partial charge < -0.3 is 4.90 Å². The van der Waals surface area contributed by atoms with Crippen LogP contribution < -0.4 is 4.90 Å². The third kappa shape index (κ3) is 5.67. The minimum absolute atomic E-state index is 0.122. The van der Waals surface area contributed by atoms with Crippen LogP contribution in [0.4, 0.5) is 11.4 Å². The third-order valence-electron chi connectivity index (χ3n) is 5.77. The van der Waals surface area contributed by atoms with E-state index in [4.69, 9.17) is 0 Å². The molecule has 0 heterocycles. The van der Waals surface area contributed by atoms with Crippen LogP contribution in [-0.2, 0) is 10.1 Å². The maximum absolute atomic E-state index is 11.6. The number of anilines is 2. The average Bonchev–Trinajstić information content (AvgIpc) is 2.87. The first-order valence-electron chi connectivity index (χ1n) is 11.6. The van der Waals surface area contributed by atoms with Crippen molar-refractivity contribution in [3.05, 3.63) is 120 Å². The smallest absolute Gasteiger partial charge is 0.294 e. The lowest BCUT2D eigenvalue weighted by atomic mass is 9.90. The Labute approximate surface area is 207 Å². The second-order valence-corrected chi connectivity index (χ2v) is 9.45. The van der Waals surface area contributed by atoms with Gasteiger partial charge in [0.05, 0.1) is 10.6 Å². The highest BCUT2D eigenvalue weighted by Gasteiger charge is 2.15. The molecule has 1 N–H and O–H groups in total. The van der Waals surface area contributed by atoms with Crippen molar-refractivity contribution in [3.63, 3.8) is 0 Å². The molecule has 1 aliphatic rings. The van der Waals surface area contributed by atoms with Crippen molar-refractivity contribution in [2.45, 2.75) is 18.7 Å². The first-order valence-corrected chi connectivity index (χ1v) is 13.0. The van der Waals surface area contributed by atoms with Gasteiger partial charge in [-0.25, -0.2) is 0 Å². The monoisotopic (exact) mass is 484 g/mol. The van der Waals surface area contributed by atoms with Gasteiger partial charge in [-0.1, -0.05) is 60.7 Å². The largest absolute Gasteiger partial charge is 0.342 e. The van der Waals surface area contributed by atoms with E-state index in [2.05, 4.69) is 41.4 Å². The number of benzene rings is 3. The van der Waals surface area contributed by atoms with Crippen LogP contribution in [0.15, 0.2) is 119 Å². The number of hydrogen-bond donors (Lipinski definition) is 1. The van der Waals surface area contributed by atoms with Crippen molar-refractivity contribution < 1.29 is 13.0 Å². The summed E-state index contributed by atoms with van der Waals surface area (Å²) >= 11 is 0. The highest BCUT2D eigenvalue weighted by atomic mass is 32.2. The zero-order valence-corrected chi connectivity index (χ0v) is 20.6. The SMILES string of the molecule is CCN=C1C=CC(=C(c2ccccc2)c2ccc(N(CC)c3cccc(S(=O)(=O)O)c3)cc2)C=C1. The number of allylic oxidation sites excluding steroid dienone is 5. The quantitative estimate of drug-likeness (QED) is 0.390. The molecular formula is C29H28N2O3S. The van der Waals surface area contributed by atoms with E-state index < -0.39 is 10.1 Å². The first-order chi connectivity index (χ1) is 16.9. The molecule has 3 aromatic rings. The molecule has 178 valence electrons. The summed E-state index contributed by atoms with van der Waals surface area (Å²) in [4.78, 5) is 6.35. The van der Waals surface area contributed by atoms with Crippen LogP contribution in [0, 0.1) is 0 Å². The van der Waals surface area contributed by atoms with E-state index in [1.165, 1.54) is 12.1 Å². The second-order valence-electron chi connectivity index (χ2n) is 8.03. The van der Waals surface area contributed by atoms with Gasteiger partial charge in [-0.05, 0) is 78.6 Å².